The van der Waals surface area contributed by atoms with Crippen molar-refractivity contribution in [3.05, 3.63) is 100 Å². The molecule has 0 aliphatic carbocycles. The van der Waals surface area contributed by atoms with Gasteiger partial charge in [0.15, 0.2) is 0 Å². The minimum absolute atomic E-state index is 0.0530. The van der Waals surface area contributed by atoms with Crippen molar-refractivity contribution < 1.29 is 19.1 Å². The molecule has 0 fully saturated rings. The molecule has 6 nitrogen and oxygen atoms in total. The largest absolute Gasteiger partial charge is 0.465 e. The Balaban J connectivity index is 1.70. The first-order chi connectivity index (χ1) is 16.3. The Hall–Kier alpha value is -4.08. The van der Waals surface area contributed by atoms with Crippen molar-refractivity contribution in [3.8, 4) is 11.8 Å². The number of hydrogen-bond acceptors (Lipinski definition) is 4. The molecule has 0 radical (unpaired) electrons. The van der Waals surface area contributed by atoms with Crippen LogP contribution in [0.4, 0.5) is 5.69 Å². The SMILES string of the molecule is COC(=O)c1cccc(C#Cc2cccc(NC(=O)CC(NC(C)=O)c3ccc(Cl)cc3)c2)c1. The maximum atomic E-state index is 12.7. The quantitative estimate of drug-likeness (QED) is 0.399. The van der Waals surface area contributed by atoms with E-state index >= 15 is 0 Å². The van der Waals surface area contributed by atoms with E-state index in [1.165, 1.54) is 14.0 Å². The molecular formula is C27H23ClN2O4. The Bertz CT molecular complexity index is 1260. The predicted octanol–water partition coefficient (Wildman–Crippen LogP) is 4.73. The monoisotopic (exact) mass is 474 g/mol. The molecule has 3 aromatic carbocycles. The summed E-state index contributed by atoms with van der Waals surface area (Å²) in [4.78, 5) is 36.0. The summed E-state index contributed by atoms with van der Waals surface area (Å²) >= 11 is 5.94. The van der Waals surface area contributed by atoms with E-state index in [4.69, 9.17) is 16.3 Å². The third-order valence-corrected chi connectivity index (χ3v) is 5.07. The highest BCUT2D eigenvalue weighted by molar-refractivity contribution is 6.30. The van der Waals surface area contributed by atoms with Crippen molar-refractivity contribution >= 4 is 35.1 Å². The van der Waals surface area contributed by atoms with Crippen LogP contribution in [0.25, 0.3) is 0 Å². The number of rotatable bonds is 6. The molecule has 1 atom stereocenters. The second-order valence-electron chi connectivity index (χ2n) is 7.46. The standard InChI is InChI=1S/C27H23ClN2O4/c1-18(31)29-25(21-11-13-23(28)14-12-21)17-26(32)30-24-8-4-6-20(16-24)10-9-19-5-3-7-22(15-19)27(33)34-2/h3-8,11-16,25H,17H2,1-2H3,(H,29,31)(H,30,32). The second kappa shape index (κ2) is 11.7. The van der Waals surface area contributed by atoms with Gasteiger partial charge in [0.2, 0.25) is 11.8 Å². The molecule has 2 N–H and O–H groups in total. The lowest BCUT2D eigenvalue weighted by Gasteiger charge is -2.18. The number of nitrogens with one attached hydrogen (secondary N) is 2. The molecule has 34 heavy (non-hydrogen) atoms. The van der Waals surface area contributed by atoms with Gasteiger partial charge in [-0.2, -0.15) is 0 Å². The normalized spacial score (nSPS) is 10.9. The lowest BCUT2D eigenvalue weighted by molar-refractivity contribution is -0.120. The van der Waals surface area contributed by atoms with Crippen molar-refractivity contribution in [2.45, 2.75) is 19.4 Å². The van der Waals surface area contributed by atoms with Crippen LogP contribution in [-0.4, -0.2) is 24.9 Å². The van der Waals surface area contributed by atoms with Crippen molar-refractivity contribution in [1.82, 2.24) is 5.32 Å². The number of ether oxygens (including phenoxy) is 1. The average molecular weight is 475 g/mol. The Morgan fingerprint density at radius 3 is 2.24 bits per heavy atom. The number of methoxy groups -OCH3 is 1. The fraction of sp³-hybridized carbons (Fsp3) is 0.148. The van der Waals surface area contributed by atoms with Crippen LogP contribution >= 0.6 is 11.6 Å². The maximum absolute atomic E-state index is 12.7. The molecule has 3 aromatic rings. The average Bonchev–Trinajstić information content (AvgIpc) is 2.82. The lowest BCUT2D eigenvalue weighted by atomic mass is 10.0. The molecule has 7 heteroatoms. The summed E-state index contributed by atoms with van der Waals surface area (Å²) in [5.41, 5.74) is 3.14. The summed E-state index contributed by atoms with van der Waals surface area (Å²) in [6.07, 6.45) is 0.0530. The van der Waals surface area contributed by atoms with E-state index in [1.54, 1.807) is 66.7 Å². The summed E-state index contributed by atoms with van der Waals surface area (Å²) in [6.45, 7) is 1.41. The van der Waals surface area contributed by atoms with Crippen LogP contribution in [0.15, 0.2) is 72.8 Å². The molecular weight excluding hydrogens is 452 g/mol. The van der Waals surface area contributed by atoms with Gasteiger partial charge in [0.1, 0.15) is 0 Å². The van der Waals surface area contributed by atoms with Gasteiger partial charge in [-0.05, 0) is 54.1 Å². The predicted molar refractivity (Wildman–Crippen MR) is 131 cm³/mol. The van der Waals surface area contributed by atoms with Gasteiger partial charge in [-0.25, -0.2) is 4.79 Å². The number of carbonyl (C=O) groups is 3. The van der Waals surface area contributed by atoms with Crippen LogP contribution in [0.5, 0.6) is 0 Å². The van der Waals surface area contributed by atoms with Crippen molar-refractivity contribution in [3.63, 3.8) is 0 Å². The van der Waals surface area contributed by atoms with Crippen molar-refractivity contribution in [2.75, 3.05) is 12.4 Å². The van der Waals surface area contributed by atoms with Crippen molar-refractivity contribution in [2.24, 2.45) is 0 Å². The summed E-state index contributed by atoms with van der Waals surface area (Å²) in [7, 11) is 1.33. The van der Waals surface area contributed by atoms with Crippen LogP contribution in [0.2, 0.25) is 5.02 Å². The zero-order valence-corrected chi connectivity index (χ0v) is 19.5. The second-order valence-corrected chi connectivity index (χ2v) is 7.90. The maximum Gasteiger partial charge on any atom is 0.337 e. The molecule has 1 unspecified atom stereocenters. The van der Waals surface area contributed by atoms with Gasteiger partial charge in [-0.15, -0.1) is 0 Å². The third-order valence-electron chi connectivity index (χ3n) is 4.82. The number of carbonyl (C=O) groups excluding carboxylic acids is 3. The van der Waals surface area contributed by atoms with Gasteiger partial charge >= 0.3 is 5.97 Å². The highest BCUT2D eigenvalue weighted by Gasteiger charge is 2.17. The van der Waals surface area contributed by atoms with Gasteiger partial charge < -0.3 is 15.4 Å². The van der Waals surface area contributed by atoms with Crippen LogP contribution in [-0.2, 0) is 14.3 Å². The van der Waals surface area contributed by atoms with E-state index in [-0.39, 0.29) is 18.2 Å². The molecule has 0 aromatic heterocycles. The Kier molecular flexibility index (Phi) is 8.44. The number of anilines is 1. The molecule has 0 heterocycles. The Labute approximate surface area is 203 Å². The zero-order chi connectivity index (χ0) is 24.5. The number of amides is 2. The van der Waals surface area contributed by atoms with E-state index in [9.17, 15) is 14.4 Å². The minimum atomic E-state index is -0.486. The molecule has 0 aliphatic rings. The molecule has 2 amide bonds. The molecule has 0 saturated heterocycles. The van der Waals surface area contributed by atoms with E-state index in [0.717, 1.165) is 5.56 Å². The summed E-state index contributed by atoms with van der Waals surface area (Å²) in [6, 6.07) is 20.5. The number of halogens is 1. The fourth-order valence-electron chi connectivity index (χ4n) is 3.25. The fourth-order valence-corrected chi connectivity index (χ4v) is 3.38. The smallest absolute Gasteiger partial charge is 0.337 e. The first kappa shape index (κ1) is 24.6. The Morgan fingerprint density at radius 1 is 0.941 bits per heavy atom. The first-order valence-electron chi connectivity index (χ1n) is 10.5. The lowest BCUT2D eigenvalue weighted by Crippen LogP contribution is -2.29. The van der Waals surface area contributed by atoms with Crippen LogP contribution in [0.1, 0.15) is 46.4 Å². The summed E-state index contributed by atoms with van der Waals surface area (Å²) in [5, 5.41) is 6.23. The van der Waals surface area contributed by atoms with Crippen molar-refractivity contribution in [1.29, 1.82) is 0 Å². The third kappa shape index (κ3) is 7.22. The topological polar surface area (TPSA) is 84.5 Å². The minimum Gasteiger partial charge on any atom is -0.465 e. The molecule has 0 saturated carbocycles. The molecule has 0 aliphatic heterocycles. The summed E-state index contributed by atoms with van der Waals surface area (Å²) < 4.78 is 4.73. The highest BCUT2D eigenvalue weighted by Crippen LogP contribution is 2.21. The van der Waals surface area contributed by atoms with Crippen LogP contribution in [0.3, 0.4) is 0 Å². The molecule has 0 bridgehead atoms. The Morgan fingerprint density at radius 2 is 1.59 bits per heavy atom. The van der Waals surface area contributed by atoms with Gasteiger partial charge in [-0.3, -0.25) is 9.59 Å². The molecule has 0 spiro atoms. The first-order valence-corrected chi connectivity index (χ1v) is 10.8. The van der Waals surface area contributed by atoms with E-state index in [1.807, 2.05) is 6.07 Å². The highest BCUT2D eigenvalue weighted by atomic mass is 35.5. The van der Waals surface area contributed by atoms with Gasteiger partial charge in [0.25, 0.3) is 0 Å². The summed E-state index contributed by atoms with van der Waals surface area (Å²) in [5.74, 6) is 5.12. The van der Waals surface area contributed by atoms with E-state index in [2.05, 4.69) is 22.5 Å². The van der Waals surface area contributed by atoms with Gasteiger partial charge in [-0.1, -0.05) is 47.7 Å². The van der Waals surface area contributed by atoms with E-state index in [0.29, 0.717) is 27.4 Å². The van der Waals surface area contributed by atoms with Gasteiger partial charge in [0.05, 0.1) is 25.1 Å². The van der Waals surface area contributed by atoms with Gasteiger partial charge in [0, 0.05) is 28.8 Å². The van der Waals surface area contributed by atoms with Crippen LogP contribution < -0.4 is 10.6 Å². The van der Waals surface area contributed by atoms with E-state index < -0.39 is 12.0 Å². The number of benzene rings is 3. The number of hydrogen-bond donors (Lipinski definition) is 2. The molecule has 3 rings (SSSR count). The van der Waals surface area contributed by atoms with Crippen LogP contribution in [0, 0.1) is 11.8 Å². The number of esters is 1. The molecule has 172 valence electrons. The zero-order valence-electron chi connectivity index (χ0n) is 18.7.